The average molecular weight is 424 g/mol. The van der Waals surface area contributed by atoms with Gasteiger partial charge in [0.15, 0.2) is 0 Å². The monoisotopic (exact) mass is 423 g/mol. The lowest BCUT2D eigenvalue weighted by Gasteiger charge is -2.38. The Kier molecular flexibility index (Phi) is 5.58. The van der Waals surface area contributed by atoms with Gasteiger partial charge in [0.2, 0.25) is 5.91 Å². The van der Waals surface area contributed by atoms with Gasteiger partial charge in [-0.1, -0.05) is 0 Å². The number of carbonyl (C=O) groups is 2. The number of nitrogens with zero attached hydrogens (tertiary/aromatic N) is 3. The molecule has 2 aliphatic rings. The number of halogens is 1. The molecule has 3 rings (SSSR count). The zero-order valence-electron chi connectivity index (χ0n) is 15.8. The van der Waals surface area contributed by atoms with Gasteiger partial charge >= 0.3 is 5.97 Å². The third-order valence-corrected chi connectivity index (χ3v) is 5.83. The van der Waals surface area contributed by atoms with Crippen LogP contribution in [-0.4, -0.2) is 74.1 Å². The smallest absolute Gasteiger partial charge is 0.337 e. The largest absolute Gasteiger partial charge is 0.465 e. The number of methoxy groups -OCH3 is 1. The fraction of sp³-hybridized carbons (Fsp3) is 0.579. The minimum atomic E-state index is -0.363. The molecule has 7 heteroatoms. The first-order valence-corrected chi connectivity index (χ1v) is 9.79. The lowest BCUT2D eigenvalue weighted by Crippen LogP contribution is -2.55. The summed E-state index contributed by atoms with van der Waals surface area (Å²) in [4.78, 5) is 31.6. The van der Waals surface area contributed by atoms with Crippen molar-refractivity contribution in [1.29, 1.82) is 0 Å². The predicted octanol–water partition coefficient (Wildman–Crippen LogP) is 2.15. The normalized spacial score (nSPS) is 20.5. The summed E-state index contributed by atoms with van der Waals surface area (Å²) in [5.74, 6) is -0.187. The molecule has 2 heterocycles. The summed E-state index contributed by atoms with van der Waals surface area (Å²) in [5, 5.41) is 0. The number of ether oxygens (including phenoxy) is 1. The van der Waals surface area contributed by atoms with Crippen molar-refractivity contribution in [1.82, 2.24) is 9.80 Å². The lowest BCUT2D eigenvalue weighted by atomic mass is 10.1. The van der Waals surface area contributed by atoms with Gasteiger partial charge in [0, 0.05) is 43.1 Å². The van der Waals surface area contributed by atoms with E-state index in [1.807, 2.05) is 11.0 Å². The number of piperazine rings is 1. The van der Waals surface area contributed by atoms with Crippen molar-refractivity contribution < 1.29 is 14.3 Å². The van der Waals surface area contributed by atoms with Crippen LogP contribution < -0.4 is 4.90 Å². The Morgan fingerprint density at radius 3 is 2.42 bits per heavy atom. The molecular weight excluding hydrogens is 398 g/mol. The second-order valence-electron chi connectivity index (χ2n) is 7.31. The molecule has 0 aromatic heterocycles. The van der Waals surface area contributed by atoms with Gasteiger partial charge in [-0.2, -0.15) is 0 Å². The van der Waals surface area contributed by atoms with Crippen LogP contribution >= 0.6 is 15.9 Å². The standard InChI is InChI=1S/C19H26BrN3O3/c1-12(2)23-16(18(24)22-7-5-21(3)6-8-22)11-13-9-14(19(25)26-4)10-15(20)17(13)23/h9-10,12,16H,5-8,11H2,1-4H3. The van der Waals surface area contributed by atoms with Gasteiger partial charge < -0.3 is 19.4 Å². The topological polar surface area (TPSA) is 53.1 Å². The summed E-state index contributed by atoms with van der Waals surface area (Å²) >= 11 is 3.60. The molecule has 1 saturated heterocycles. The number of hydrogen-bond acceptors (Lipinski definition) is 5. The highest BCUT2D eigenvalue weighted by molar-refractivity contribution is 9.10. The van der Waals surface area contributed by atoms with Crippen LogP contribution in [-0.2, 0) is 16.0 Å². The van der Waals surface area contributed by atoms with E-state index in [1.165, 1.54) is 7.11 Å². The molecule has 0 aliphatic carbocycles. The first kappa shape index (κ1) is 19.2. The van der Waals surface area contributed by atoms with Crippen molar-refractivity contribution in [2.75, 3.05) is 45.2 Å². The zero-order chi connectivity index (χ0) is 19.0. The highest BCUT2D eigenvalue weighted by Gasteiger charge is 2.40. The highest BCUT2D eigenvalue weighted by Crippen LogP contribution is 2.41. The quantitative estimate of drug-likeness (QED) is 0.697. The molecule has 1 aromatic rings. The van der Waals surface area contributed by atoms with Gasteiger partial charge in [-0.3, -0.25) is 4.79 Å². The number of amides is 1. The Morgan fingerprint density at radius 2 is 1.85 bits per heavy atom. The van der Waals surface area contributed by atoms with Crippen molar-refractivity contribution in [2.45, 2.75) is 32.4 Å². The maximum absolute atomic E-state index is 13.2. The van der Waals surface area contributed by atoms with Crippen LogP contribution in [0.4, 0.5) is 5.69 Å². The minimum Gasteiger partial charge on any atom is -0.465 e. The second-order valence-corrected chi connectivity index (χ2v) is 8.16. The molecule has 0 saturated carbocycles. The minimum absolute atomic E-state index is 0.175. The first-order chi connectivity index (χ1) is 12.3. The van der Waals surface area contributed by atoms with E-state index in [-0.39, 0.29) is 24.0 Å². The molecule has 1 amide bonds. The van der Waals surface area contributed by atoms with E-state index in [4.69, 9.17) is 4.74 Å². The SMILES string of the molecule is COC(=O)c1cc(Br)c2c(c1)CC(C(=O)N1CCN(C)CC1)N2C(C)C. The van der Waals surface area contributed by atoms with E-state index in [9.17, 15) is 9.59 Å². The Balaban J connectivity index is 1.91. The van der Waals surface area contributed by atoms with Crippen LogP contribution in [0.25, 0.3) is 0 Å². The Bertz CT molecular complexity index is 714. The van der Waals surface area contributed by atoms with E-state index in [0.717, 1.165) is 41.9 Å². The molecule has 1 unspecified atom stereocenters. The molecule has 2 aliphatic heterocycles. The predicted molar refractivity (Wildman–Crippen MR) is 105 cm³/mol. The van der Waals surface area contributed by atoms with Crippen molar-refractivity contribution in [3.63, 3.8) is 0 Å². The van der Waals surface area contributed by atoms with Crippen molar-refractivity contribution in [2.24, 2.45) is 0 Å². The molecule has 6 nitrogen and oxygen atoms in total. The molecule has 0 spiro atoms. The molecule has 1 fully saturated rings. The Morgan fingerprint density at radius 1 is 1.19 bits per heavy atom. The van der Waals surface area contributed by atoms with E-state index >= 15 is 0 Å². The average Bonchev–Trinajstić information content (AvgIpc) is 3.01. The second kappa shape index (κ2) is 7.56. The molecule has 26 heavy (non-hydrogen) atoms. The number of hydrogen-bond donors (Lipinski definition) is 0. The summed E-state index contributed by atoms with van der Waals surface area (Å²) < 4.78 is 5.68. The number of esters is 1. The summed E-state index contributed by atoms with van der Waals surface area (Å²) in [6.07, 6.45) is 0.613. The van der Waals surface area contributed by atoms with E-state index in [0.29, 0.717) is 12.0 Å². The molecule has 142 valence electrons. The highest BCUT2D eigenvalue weighted by atomic mass is 79.9. The molecule has 0 radical (unpaired) electrons. The maximum Gasteiger partial charge on any atom is 0.337 e. The fourth-order valence-electron chi connectivity index (χ4n) is 3.86. The Hall–Kier alpha value is -1.60. The Labute approximate surface area is 163 Å². The molecule has 1 aromatic carbocycles. The van der Waals surface area contributed by atoms with Crippen LogP contribution in [0.1, 0.15) is 29.8 Å². The van der Waals surface area contributed by atoms with Crippen molar-refractivity contribution in [3.8, 4) is 0 Å². The third kappa shape index (κ3) is 3.47. The number of likely N-dealkylation sites (N-methyl/N-ethyl adjacent to an activating group) is 1. The van der Waals surface area contributed by atoms with E-state index < -0.39 is 0 Å². The van der Waals surface area contributed by atoms with Gasteiger partial charge in [-0.05, 0) is 54.5 Å². The van der Waals surface area contributed by atoms with Crippen LogP contribution in [0, 0.1) is 0 Å². The first-order valence-electron chi connectivity index (χ1n) is 9.00. The van der Waals surface area contributed by atoms with E-state index in [2.05, 4.69) is 46.6 Å². The number of carbonyl (C=O) groups excluding carboxylic acids is 2. The van der Waals surface area contributed by atoms with Crippen LogP contribution in [0.2, 0.25) is 0 Å². The van der Waals surface area contributed by atoms with Crippen molar-refractivity contribution >= 4 is 33.5 Å². The van der Waals surface area contributed by atoms with Gasteiger partial charge in [0.05, 0.1) is 18.4 Å². The van der Waals surface area contributed by atoms with Gasteiger partial charge in [0.1, 0.15) is 6.04 Å². The number of anilines is 1. The third-order valence-electron chi connectivity index (χ3n) is 5.23. The maximum atomic E-state index is 13.2. The lowest BCUT2D eigenvalue weighted by molar-refractivity contribution is -0.134. The molecule has 1 atom stereocenters. The summed E-state index contributed by atoms with van der Waals surface area (Å²) in [5.41, 5.74) is 2.54. The van der Waals surface area contributed by atoms with Gasteiger partial charge in [-0.15, -0.1) is 0 Å². The molecular formula is C19H26BrN3O3. The van der Waals surface area contributed by atoms with Crippen LogP contribution in [0.3, 0.4) is 0 Å². The molecule has 0 bridgehead atoms. The van der Waals surface area contributed by atoms with Gasteiger partial charge in [-0.25, -0.2) is 4.79 Å². The summed E-state index contributed by atoms with van der Waals surface area (Å²) in [6.45, 7) is 7.54. The van der Waals surface area contributed by atoms with Gasteiger partial charge in [0.25, 0.3) is 0 Å². The van der Waals surface area contributed by atoms with Crippen LogP contribution in [0.5, 0.6) is 0 Å². The van der Waals surface area contributed by atoms with Crippen molar-refractivity contribution in [3.05, 3.63) is 27.7 Å². The van der Waals surface area contributed by atoms with Crippen LogP contribution in [0.15, 0.2) is 16.6 Å². The van der Waals surface area contributed by atoms with E-state index in [1.54, 1.807) is 6.07 Å². The fourth-order valence-corrected chi connectivity index (χ4v) is 4.57. The number of fused-ring (bicyclic) bond motifs is 1. The number of rotatable bonds is 3. The molecule has 0 N–H and O–H groups in total. The summed E-state index contributed by atoms with van der Waals surface area (Å²) in [6, 6.07) is 3.59. The number of benzene rings is 1. The summed E-state index contributed by atoms with van der Waals surface area (Å²) in [7, 11) is 3.46. The zero-order valence-corrected chi connectivity index (χ0v) is 17.4.